The Hall–Kier alpha value is -6.00. The molecular formula is C40H67N7O19. The number of rotatable bonds is 32. The maximum Gasteiger partial charge on any atom is 0.407 e. The van der Waals surface area contributed by atoms with Crippen molar-refractivity contribution in [3.63, 3.8) is 0 Å². The number of hydroxylamine groups is 2. The number of methoxy groups -OCH3 is 4. The highest BCUT2D eigenvalue weighted by atomic mass is 16.7. The number of hydrogen-bond acceptors (Lipinski definition) is 20. The molecular weight excluding hydrogens is 882 g/mol. The van der Waals surface area contributed by atoms with Crippen LogP contribution < -0.4 is 32.3 Å². The number of nitrogens with zero attached hydrogens (tertiary/aromatic N) is 1. The molecule has 7 amide bonds. The molecule has 0 aromatic rings. The molecule has 66 heavy (non-hydrogen) atoms. The third kappa shape index (κ3) is 38.5. The average Bonchev–Trinajstić information content (AvgIpc) is 3.62. The molecule has 26 heteroatoms. The van der Waals surface area contributed by atoms with Gasteiger partial charge in [0.2, 0.25) is 5.91 Å². The van der Waals surface area contributed by atoms with E-state index in [1.165, 1.54) is 28.4 Å². The zero-order valence-electron chi connectivity index (χ0n) is 38.1. The van der Waals surface area contributed by atoms with E-state index < -0.39 is 54.4 Å². The molecule has 1 rings (SSSR count). The van der Waals surface area contributed by atoms with Crippen molar-refractivity contribution >= 4 is 48.1 Å². The van der Waals surface area contributed by atoms with E-state index in [-0.39, 0.29) is 97.3 Å². The summed E-state index contributed by atoms with van der Waals surface area (Å²) in [6.07, 6.45) is 6.27. The first-order valence-corrected chi connectivity index (χ1v) is 20.5. The van der Waals surface area contributed by atoms with Gasteiger partial charge < -0.3 is 84.5 Å². The van der Waals surface area contributed by atoms with Crippen molar-refractivity contribution in [2.75, 3.05) is 134 Å². The second kappa shape index (κ2) is 44.2. The first-order valence-electron chi connectivity index (χ1n) is 20.5. The van der Waals surface area contributed by atoms with Crippen LogP contribution in [0.3, 0.4) is 0 Å². The first-order chi connectivity index (χ1) is 31.8. The Balaban J connectivity index is 0. The van der Waals surface area contributed by atoms with Crippen LogP contribution in [0.5, 0.6) is 0 Å². The minimum Gasteiger partial charge on any atom is -0.447 e. The summed E-state index contributed by atoms with van der Waals surface area (Å²) < 4.78 is 50.6. The Morgan fingerprint density at radius 2 is 0.924 bits per heavy atom. The molecule has 376 valence electrons. The fraction of sp³-hybridized carbons (Fsp3) is 0.700. The van der Waals surface area contributed by atoms with Gasteiger partial charge in [0.15, 0.2) is 0 Å². The third-order valence-electron chi connectivity index (χ3n) is 7.39. The molecule has 1 aliphatic rings. The normalized spacial score (nSPS) is 11.4. The van der Waals surface area contributed by atoms with Crippen molar-refractivity contribution in [2.24, 2.45) is 5.73 Å². The summed E-state index contributed by atoms with van der Waals surface area (Å²) in [5, 5.41) is 12.9. The highest BCUT2D eigenvalue weighted by Crippen LogP contribution is 2.13. The number of hydrogen-bond donors (Lipinski definition) is 6. The van der Waals surface area contributed by atoms with E-state index in [9.17, 15) is 38.4 Å². The fourth-order valence-corrected chi connectivity index (χ4v) is 4.18. The van der Waals surface area contributed by atoms with E-state index in [2.05, 4.69) is 44.8 Å². The van der Waals surface area contributed by atoms with Crippen molar-refractivity contribution < 1.29 is 90.6 Å². The molecule has 0 atom stereocenters. The minimum atomic E-state index is -0.802. The SMILES string of the molecule is C#CCN.C#CCNC(=O)CCCOC(COC(=O)NCCOC)COC(=O)NCCOC.COCCNC(=O)OCC(COC(=O)NCCOC)OCCCC(=O)ON1C(=O)CCC1=O. The van der Waals surface area contributed by atoms with Crippen molar-refractivity contribution in [3.05, 3.63) is 0 Å². The van der Waals surface area contributed by atoms with Crippen LogP contribution in [0.4, 0.5) is 19.2 Å². The number of carbonyl (C=O) groups is 8. The number of ether oxygens (including phenoxy) is 10. The zero-order valence-corrected chi connectivity index (χ0v) is 38.1. The van der Waals surface area contributed by atoms with E-state index in [0.29, 0.717) is 57.5 Å². The highest BCUT2D eigenvalue weighted by Gasteiger charge is 2.32. The van der Waals surface area contributed by atoms with Crippen LogP contribution in [0, 0.1) is 24.7 Å². The summed E-state index contributed by atoms with van der Waals surface area (Å²) in [4.78, 5) is 97.5. The second-order valence-electron chi connectivity index (χ2n) is 12.7. The van der Waals surface area contributed by atoms with E-state index in [0.717, 1.165) is 0 Å². The summed E-state index contributed by atoms with van der Waals surface area (Å²) in [5.41, 5.74) is 4.79. The molecule has 0 spiro atoms. The lowest BCUT2D eigenvalue weighted by atomic mass is 10.3. The molecule has 0 aliphatic carbocycles. The predicted octanol–water partition coefficient (Wildman–Crippen LogP) is -1.27. The lowest BCUT2D eigenvalue weighted by molar-refractivity contribution is -0.197. The molecule has 0 aromatic heterocycles. The Bertz CT molecular complexity index is 1410. The van der Waals surface area contributed by atoms with Gasteiger partial charge in [-0.2, -0.15) is 0 Å². The number of terminal acetylenes is 2. The third-order valence-corrected chi connectivity index (χ3v) is 7.39. The van der Waals surface area contributed by atoms with E-state index in [1.807, 2.05) is 0 Å². The quantitative estimate of drug-likeness (QED) is 0.0198. The van der Waals surface area contributed by atoms with Crippen molar-refractivity contribution in [1.29, 1.82) is 0 Å². The van der Waals surface area contributed by atoms with Crippen molar-refractivity contribution in [3.8, 4) is 24.7 Å². The second-order valence-corrected chi connectivity index (χ2v) is 12.7. The molecule has 7 N–H and O–H groups in total. The van der Waals surface area contributed by atoms with Gasteiger partial charge in [-0.15, -0.1) is 17.9 Å². The lowest BCUT2D eigenvalue weighted by Gasteiger charge is -2.18. The number of alkyl carbamates (subject to hydrolysis) is 4. The van der Waals surface area contributed by atoms with E-state index in [1.54, 1.807) is 0 Å². The molecule has 0 saturated carbocycles. The fourth-order valence-electron chi connectivity index (χ4n) is 4.18. The smallest absolute Gasteiger partial charge is 0.407 e. The van der Waals surface area contributed by atoms with Gasteiger partial charge in [0.05, 0.1) is 45.9 Å². The topological polar surface area (TPSA) is 327 Å². The molecule has 1 fully saturated rings. The summed E-state index contributed by atoms with van der Waals surface area (Å²) in [5.74, 6) is 2.44. The largest absolute Gasteiger partial charge is 0.447 e. The highest BCUT2D eigenvalue weighted by molar-refractivity contribution is 6.01. The molecule has 1 aliphatic heterocycles. The molecule has 0 unspecified atom stereocenters. The van der Waals surface area contributed by atoms with Crippen molar-refractivity contribution in [2.45, 2.75) is 50.7 Å². The Morgan fingerprint density at radius 1 is 0.576 bits per heavy atom. The summed E-state index contributed by atoms with van der Waals surface area (Å²) >= 11 is 0. The Kier molecular flexibility index (Phi) is 41.6. The number of nitrogens with two attached hydrogens (primary N) is 1. The first kappa shape index (κ1) is 62.1. The van der Waals surface area contributed by atoms with Gasteiger partial charge in [-0.3, -0.25) is 14.4 Å². The van der Waals surface area contributed by atoms with Crippen molar-refractivity contribution in [1.82, 2.24) is 31.6 Å². The molecule has 0 radical (unpaired) electrons. The molecule has 1 heterocycles. The summed E-state index contributed by atoms with van der Waals surface area (Å²) in [6, 6.07) is 0. The standard InChI is InChI=1S/C19H31N3O11.C18H31N3O8.C3H5N/c1-28-10-7-20-18(26)31-12-14(13-32-19(27)21-8-11-29-2)30-9-3-4-17(25)33-22-15(23)5-6-16(22)24;1-4-7-19-16(22)6-5-10-27-15(13-28-17(23)20-8-11-25-2)14-29-18(24)21-9-12-26-3;1-2-3-4/h14H,3-13H2,1-2H3,(H,20,26)(H,21,27);1,15H,5-14H2,2-3H3,(H,19,22)(H,20,23)(H,21,24);1H,3-4H2. The Labute approximate surface area is 384 Å². The number of imide groups is 1. The number of carbonyl (C=O) groups excluding carboxylic acids is 8. The maximum absolute atomic E-state index is 11.8. The monoisotopic (exact) mass is 949 g/mol. The van der Waals surface area contributed by atoms with Crippen LogP contribution >= 0.6 is 0 Å². The summed E-state index contributed by atoms with van der Waals surface area (Å²) in [6.45, 7) is 2.48. The van der Waals surface area contributed by atoms with Gasteiger partial charge >= 0.3 is 30.3 Å². The van der Waals surface area contributed by atoms with E-state index >= 15 is 0 Å². The zero-order chi connectivity index (χ0) is 49.6. The molecule has 1 saturated heterocycles. The van der Waals surface area contributed by atoms with Gasteiger partial charge in [-0.05, 0) is 12.8 Å². The number of amides is 7. The minimum absolute atomic E-state index is 0.00893. The Morgan fingerprint density at radius 3 is 1.24 bits per heavy atom. The van der Waals surface area contributed by atoms with Crippen LogP contribution in [0.2, 0.25) is 0 Å². The predicted molar refractivity (Wildman–Crippen MR) is 230 cm³/mol. The van der Waals surface area contributed by atoms with E-state index in [4.69, 9.17) is 64.4 Å². The van der Waals surface area contributed by atoms with Crippen LogP contribution in [-0.2, 0) is 71.4 Å². The molecule has 0 aromatic carbocycles. The lowest BCUT2D eigenvalue weighted by Crippen LogP contribution is -2.35. The van der Waals surface area contributed by atoms with Crippen LogP contribution in [-0.4, -0.2) is 199 Å². The molecule has 0 bridgehead atoms. The summed E-state index contributed by atoms with van der Waals surface area (Å²) in [7, 11) is 6.00. The van der Waals surface area contributed by atoms with Gasteiger partial charge in [0.1, 0.15) is 38.6 Å². The van der Waals surface area contributed by atoms with Gasteiger partial charge in [0.25, 0.3) is 11.8 Å². The van der Waals surface area contributed by atoms with Crippen LogP contribution in [0.15, 0.2) is 0 Å². The van der Waals surface area contributed by atoms with Gasteiger partial charge in [0, 0.05) is 87.1 Å². The average molecular weight is 950 g/mol. The van der Waals surface area contributed by atoms with Gasteiger partial charge in [-0.1, -0.05) is 11.8 Å². The van der Waals surface area contributed by atoms with Crippen LogP contribution in [0.25, 0.3) is 0 Å². The van der Waals surface area contributed by atoms with Gasteiger partial charge in [-0.25, -0.2) is 24.0 Å². The van der Waals surface area contributed by atoms with Crippen LogP contribution in [0.1, 0.15) is 38.5 Å². The number of nitrogens with one attached hydrogen (secondary N) is 5. The maximum atomic E-state index is 11.8. The molecule has 26 nitrogen and oxygen atoms in total.